The van der Waals surface area contributed by atoms with Crippen LogP contribution in [0.5, 0.6) is 0 Å². The minimum atomic E-state index is -0.101. The highest BCUT2D eigenvalue weighted by Gasteiger charge is 2.29. The van der Waals surface area contributed by atoms with Crippen LogP contribution in [0.15, 0.2) is 35.5 Å². The Morgan fingerprint density at radius 2 is 1.83 bits per heavy atom. The van der Waals surface area contributed by atoms with Crippen molar-refractivity contribution in [1.29, 1.82) is 0 Å². The first-order chi connectivity index (χ1) is 8.74. The molecule has 2 N–H and O–H groups in total. The number of hydrogen-bond donors (Lipinski definition) is 2. The van der Waals surface area contributed by atoms with E-state index >= 15 is 0 Å². The van der Waals surface area contributed by atoms with Gasteiger partial charge in [-0.25, -0.2) is 4.79 Å². The monoisotopic (exact) mass is 262 g/mol. The number of amides is 2. The summed E-state index contributed by atoms with van der Waals surface area (Å²) in [5.41, 5.74) is 3.54. The van der Waals surface area contributed by atoms with Crippen LogP contribution < -0.4 is 10.6 Å². The largest absolute Gasteiger partial charge is 0.327 e. The van der Waals surface area contributed by atoms with Crippen LogP contribution in [0.2, 0.25) is 5.02 Å². The number of carbonyl (C=O) groups is 1. The molecular weight excluding hydrogens is 248 g/mol. The number of halogens is 1. The summed E-state index contributed by atoms with van der Waals surface area (Å²) >= 11 is 5.90. The van der Waals surface area contributed by atoms with Crippen LogP contribution in [-0.2, 0) is 0 Å². The highest BCUT2D eigenvalue weighted by molar-refractivity contribution is 6.30. The number of hydrogen-bond acceptors (Lipinski definition) is 1. The fraction of sp³-hybridized carbons (Fsp3) is 0.357. The molecule has 1 aliphatic heterocycles. The Balaban J connectivity index is 1.98. The van der Waals surface area contributed by atoms with Crippen molar-refractivity contribution in [2.45, 2.75) is 31.7 Å². The van der Waals surface area contributed by atoms with E-state index in [1.165, 1.54) is 12.0 Å². The second kappa shape index (κ2) is 4.65. The average molecular weight is 263 g/mol. The molecule has 18 heavy (non-hydrogen) atoms. The Morgan fingerprint density at radius 1 is 1.11 bits per heavy atom. The highest BCUT2D eigenvalue weighted by Crippen LogP contribution is 2.35. The van der Waals surface area contributed by atoms with Gasteiger partial charge in [0.1, 0.15) is 0 Å². The van der Waals surface area contributed by atoms with E-state index in [1.54, 1.807) is 0 Å². The number of urea groups is 1. The standard InChI is InChI=1S/C14H15ClN2O/c15-10-7-5-9(6-8-10)13-11-3-1-2-4-12(11)16-14(18)17-13/h5-8,13H,1-4H2,(H2,16,17,18)/t13-/m1/s1. The Hall–Kier alpha value is -1.48. The summed E-state index contributed by atoms with van der Waals surface area (Å²) < 4.78 is 0. The summed E-state index contributed by atoms with van der Waals surface area (Å²) in [6, 6.07) is 7.61. The molecule has 94 valence electrons. The van der Waals surface area contributed by atoms with Crippen molar-refractivity contribution in [3.8, 4) is 0 Å². The van der Waals surface area contributed by atoms with E-state index in [0.717, 1.165) is 35.5 Å². The fourth-order valence-electron chi connectivity index (χ4n) is 2.72. The van der Waals surface area contributed by atoms with Crippen molar-refractivity contribution in [3.05, 3.63) is 46.1 Å². The molecule has 1 aromatic carbocycles. The van der Waals surface area contributed by atoms with Crippen molar-refractivity contribution in [2.75, 3.05) is 0 Å². The zero-order chi connectivity index (χ0) is 12.5. The van der Waals surface area contributed by atoms with Gasteiger partial charge in [0.2, 0.25) is 0 Å². The molecule has 3 rings (SSSR count). The summed E-state index contributed by atoms with van der Waals surface area (Å²) in [5.74, 6) is 0. The lowest BCUT2D eigenvalue weighted by molar-refractivity contribution is 0.236. The number of benzene rings is 1. The zero-order valence-electron chi connectivity index (χ0n) is 10.0. The number of carbonyl (C=O) groups excluding carboxylic acids is 1. The van der Waals surface area contributed by atoms with Crippen molar-refractivity contribution >= 4 is 17.6 Å². The predicted molar refractivity (Wildman–Crippen MR) is 71.4 cm³/mol. The maximum absolute atomic E-state index is 11.7. The molecule has 1 aromatic rings. The summed E-state index contributed by atoms with van der Waals surface area (Å²) in [6.07, 6.45) is 4.38. The van der Waals surface area contributed by atoms with Gasteiger partial charge in [-0.3, -0.25) is 0 Å². The maximum Gasteiger partial charge on any atom is 0.319 e. The molecule has 0 aromatic heterocycles. The van der Waals surface area contributed by atoms with Gasteiger partial charge in [-0.2, -0.15) is 0 Å². The van der Waals surface area contributed by atoms with Crippen molar-refractivity contribution in [1.82, 2.24) is 10.6 Å². The zero-order valence-corrected chi connectivity index (χ0v) is 10.8. The van der Waals surface area contributed by atoms with Crippen LogP contribution in [0.4, 0.5) is 4.79 Å². The van der Waals surface area contributed by atoms with Gasteiger partial charge in [0, 0.05) is 10.7 Å². The van der Waals surface area contributed by atoms with Gasteiger partial charge >= 0.3 is 6.03 Å². The van der Waals surface area contributed by atoms with E-state index in [1.807, 2.05) is 24.3 Å². The molecule has 1 aliphatic carbocycles. The Morgan fingerprint density at radius 3 is 2.61 bits per heavy atom. The normalized spacial score (nSPS) is 23.2. The van der Waals surface area contributed by atoms with Crippen LogP contribution in [0.1, 0.15) is 37.3 Å². The number of nitrogens with one attached hydrogen (secondary N) is 2. The summed E-state index contributed by atoms with van der Waals surface area (Å²) in [5, 5.41) is 6.65. The summed E-state index contributed by atoms with van der Waals surface area (Å²) in [4.78, 5) is 11.7. The van der Waals surface area contributed by atoms with Crippen molar-refractivity contribution in [3.63, 3.8) is 0 Å². The van der Waals surface area contributed by atoms with Crippen LogP contribution in [0.25, 0.3) is 0 Å². The molecule has 0 fully saturated rings. The molecular formula is C14H15ClN2O. The average Bonchev–Trinajstić information content (AvgIpc) is 2.38. The van der Waals surface area contributed by atoms with Gasteiger partial charge in [0.15, 0.2) is 0 Å². The second-order valence-electron chi connectivity index (χ2n) is 4.79. The van der Waals surface area contributed by atoms with E-state index in [9.17, 15) is 4.79 Å². The lowest BCUT2D eigenvalue weighted by Crippen LogP contribution is -2.44. The first kappa shape index (κ1) is 11.6. The van der Waals surface area contributed by atoms with Crippen LogP contribution >= 0.6 is 11.6 Å². The fourth-order valence-corrected chi connectivity index (χ4v) is 2.85. The lowest BCUT2D eigenvalue weighted by atomic mass is 9.86. The molecule has 1 heterocycles. The van der Waals surface area contributed by atoms with Gasteiger partial charge in [0.25, 0.3) is 0 Å². The van der Waals surface area contributed by atoms with Crippen LogP contribution in [-0.4, -0.2) is 6.03 Å². The van der Waals surface area contributed by atoms with E-state index in [2.05, 4.69) is 10.6 Å². The SMILES string of the molecule is O=C1NC2=C(CCCC2)[C@@H](c2ccc(Cl)cc2)N1. The third kappa shape index (κ3) is 2.10. The van der Waals surface area contributed by atoms with E-state index < -0.39 is 0 Å². The molecule has 2 amide bonds. The molecule has 3 nitrogen and oxygen atoms in total. The molecule has 0 spiro atoms. The smallest absolute Gasteiger partial charge is 0.319 e. The first-order valence-corrected chi connectivity index (χ1v) is 6.67. The van der Waals surface area contributed by atoms with Crippen molar-refractivity contribution in [2.24, 2.45) is 0 Å². The molecule has 4 heteroatoms. The predicted octanol–water partition coefficient (Wildman–Crippen LogP) is 3.52. The minimum Gasteiger partial charge on any atom is -0.327 e. The summed E-state index contributed by atoms with van der Waals surface area (Å²) in [6.45, 7) is 0. The van der Waals surface area contributed by atoms with E-state index in [4.69, 9.17) is 11.6 Å². The third-order valence-corrected chi connectivity index (χ3v) is 3.85. The number of allylic oxidation sites excluding steroid dienone is 1. The molecule has 0 saturated carbocycles. The highest BCUT2D eigenvalue weighted by atomic mass is 35.5. The topological polar surface area (TPSA) is 41.1 Å². The van der Waals surface area contributed by atoms with Gasteiger partial charge in [0.05, 0.1) is 6.04 Å². The molecule has 0 saturated heterocycles. The van der Waals surface area contributed by atoms with Gasteiger partial charge < -0.3 is 10.6 Å². The second-order valence-corrected chi connectivity index (χ2v) is 5.23. The quantitative estimate of drug-likeness (QED) is 0.799. The third-order valence-electron chi connectivity index (χ3n) is 3.60. The number of rotatable bonds is 1. The van der Waals surface area contributed by atoms with Crippen LogP contribution in [0.3, 0.4) is 0 Å². The Labute approximate surface area is 111 Å². The van der Waals surface area contributed by atoms with Crippen molar-refractivity contribution < 1.29 is 4.79 Å². The maximum atomic E-state index is 11.7. The molecule has 2 aliphatic rings. The minimum absolute atomic E-state index is 0.00585. The summed E-state index contributed by atoms with van der Waals surface area (Å²) in [7, 11) is 0. The van der Waals surface area contributed by atoms with Gasteiger partial charge in [-0.15, -0.1) is 0 Å². The first-order valence-electron chi connectivity index (χ1n) is 6.29. The Bertz CT molecular complexity index is 507. The van der Waals surface area contributed by atoms with Crippen LogP contribution in [0, 0.1) is 0 Å². The molecule has 0 unspecified atom stereocenters. The molecule has 0 radical (unpaired) electrons. The van der Waals surface area contributed by atoms with E-state index in [-0.39, 0.29) is 12.1 Å². The molecule has 0 bridgehead atoms. The lowest BCUT2D eigenvalue weighted by Gasteiger charge is -2.33. The van der Waals surface area contributed by atoms with E-state index in [0.29, 0.717) is 0 Å². The van der Waals surface area contributed by atoms with Gasteiger partial charge in [-0.05, 0) is 49.0 Å². The molecule has 1 atom stereocenters. The van der Waals surface area contributed by atoms with Gasteiger partial charge in [-0.1, -0.05) is 23.7 Å². The Kier molecular flexibility index (Phi) is 3.00.